The largest absolute Gasteiger partial charge is 0.497 e. The number of methoxy groups -OCH3 is 1. The minimum absolute atomic E-state index is 0.0257. The van der Waals surface area contributed by atoms with E-state index < -0.39 is 27.9 Å². The van der Waals surface area contributed by atoms with E-state index in [0.717, 1.165) is 13.7 Å². The Morgan fingerprint density at radius 3 is 2.39 bits per heavy atom. The number of aromatic nitrogens is 1. The van der Waals surface area contributed by atoms with Gasteiger partial charge >= 0.3 is 0 Å². The van der Waals surface area contributed by atoms with Gasteiger partial charge in [-0.3, -0.25) is 14.6 Å². The molecule has 3 aromatic rings. The Morgan fingerprint density at radius 1 is 1.09 bits per heavy atom. The summed E-state index contributed by atoms with van der Waals surface area (Å²) in [5, 5.41) is 0. The van der Waals surface area contributed by atoms with Crippen molar-refractivity contribution in [2.75, 3.05) is 12.0 Å². The minimum Gasteiger partial charge on any atom is -0.497 e. The molecule has 1 saturated heterocycles. The highest BCUT2D eigenvalue weighted by Crippen LogP contribution is 2.31. The van der Waals surface area contributed by atoms with Gasteiger partial charge in [-0.25, -0.2) is 13.3 Å². The molecular weight excluding hydrogens is 510 g/mol. The van der Waals surface area contributed by atoms with Crippen LogP contribution in [-0.4, -0.2) is 42.7 Å². The van der Waals surface area contributed by atoms with Crippen LogP contribution in [0.1, 0.15) is 12.0 Å². The van der Waals surface area contributed by atoms with Crippen molar-refractivity contribution in [1.82, 2.24) is 9.29 Å². The molecule has 0 N–H and O–H groups in total. The van der Waals surface area contributed by atoms with Crippen LogP contribution in [0.3, 0.4) is 0 Å². The van der Waals surface area contributed by atoms with Crippen LogP contribution in [0.25, 0.3) is 0 Å². The molecule has 2 heterocycles. The Bertz CT molecular complexity index is 1270. The van der Waals surface area contributed by atoms with E-state index in [4.69, 9.17) is 4.74 Å². The smallest absolute Gasteiger partial charge is 0.252 e. The van der Waals surface area contributed by atoms with Crippen LogP contribution >= 0.6 is 15.9 Å². The van der Waals surface area contributed by atoms with Crippen molar-refractivity contribution < 1.29 is 22.7 Å². The van der Waals surface area contributed by atoms with E-state index in [1.165, 1.54) is 25.4 Å². The highest BCUT2D eigenvalue weighted by atomic mass is 79.9. The summed E-state index contributed by atoms with van der Waals surface area (Å²) >= 11 is 3.30. The van der Waals surface area contributed by atoms with Crippen molar-refractivity contribution in [3.8, 4) is 5.75 Å². The van der Waals surface area contributed by atoms with Gasteiger partial charge in [0.05, 0.1) is 24.1 Å². The molecule has 0 spiro atoms. The maximum atomic E-state index is 13.6. The predicted octanol–water partition coefficient (Wildman–Crippen LogP) is 3.38. The van der Waals surface area contributed by atoms with E-state index >= 15 is 0 Å². The SMILES string of the molecule is COc1ccc(N2C(=O)CC(N(Cc3cccnc3)S(=O)(=O)c3ccc(Br)cc3)C2=O)cc1. The molecule has 1 aliphatic heterocycles. The number of anilines is 1. The summed E-state index contributed by atoms with van der Waals surface area (Å²) in [5.41, 5.74) is 0.956. The van der Waals surface area contributed by atoms with Crippen molar-refractivity contribution >= 4 is 43.5 Å². The van der Waals surface area contributed by atoms with Gasteiger partial charge in [-0.2, -0.15) is 4.31 Å². The Labute approximate surface area is 200 Å². The molecule has 0 bridgehead atoms. The maximum absolute atomic E-state index is 13.6. The first-order valence-electron chi connectivity index (χ1n) is 9.98. The number of rotatable bonds is 7. The number of sulfonamides is 1. The summed E-state index contributed by atoms with van der Waals surface area (Å²) in [5.74, 6) is -0.502. The standard InChI is InChI=1S/C23H20BrN3O5S/c1-32-19-8-6-18(7-9-19)27-22(28)13-21(23(27)29)26(15-16-3-2-12-25-14-16)33(30,31)20-10-4-17(24)5-11-20/h2-12,14,21H,13,15H2,1H3. The number of benzene rings is 2. The van der Waals surface area contributed by atoms with Gasteiger partial charge in [0, 0.05) is 23.4 Å². The van der Waals surface area contributed by atoms with Crippen LogP contribution < -0.4 is 9.64 Å². The number of carbonyl (C=O) groups excluding carboxylic acids is 2. The topological polar surface area (TPSA) is 96.9 Å². The lowest BCUT2D eigenvalue weighted by Gasteiger charge is -2.27. The molecule has 10 heteroatoms. The Balaban J connectivity index is 1.73. The number of amides is 2. The first-order valence-corrected chi connectivity index (χ1v) is 12.2. The first-order chi connectivity index (χ1) is 15.8. The van der Waals surface area contributed by atoms with Crippen LogP contribution in [0.4, 0.5) is 5.69 Å². The zero-order chi connectivity index (χ0) is 23.6. The lowest BCUT2D eigenvalue weighted by Crippen LogP contribution is -2.45. The molecule has 2 aromatic carbocycles. The van der Waals surface area contributed by atoms with E-state index in [1.54, 1.807) is 54.7 Å². The first kappa shape index (κ1) is 23.1. The molecule has 0 aliphatic carbocycles. The molecule has 0 saturated carbocycles. The summed E-state index contributed by atoms with van der Waals surface area (Å²) < 4.78 is 34.1. The van der Waals surface area contributed by atoms with Gasteiger partial charge in [0.15, 0.2) is 0 Å². The predicted molar refractivity (Wildman–Crippen MR) is 125 cm³/mol. The second-order valence-corrected chi connectivity index (χ2v) is 10.2. The van der Waals surface area contributed by atoms with Crippen molar-refractivity contribution in [2.45, 2.75) is 23.9 Å². The summed E-state index contributed by atoms with van der Waals surface area (Å²) in [4.78, 5) is 31.3. The summed E-state index contributed by atoms with van der Waals surface area (Å²) in [6, 6.07) is 14.8. The van der Waals surface area contributed by atoms with Crippen molar-refractivity contribution in [2.24, 2.45) is 0 Å². The van der Waals surface area contributed by atoms with E-state index in [2.05, 4.69) is 20.9 Å². The van der Waals surface area contributed by atoms with E-state index in [-0.39, 0.29) is 17.9 Å². The zero-order valence-electron chi connectivity index (χ0n) is 17.6. The quantitative estimate of drug-likeness (QED) is 0.435. The summed E-state index contributed by atoms with van der Waals surface area (Å²) in [6.07, 6.45) is 2.85. The molecule has 8 nitrogen and oxygen atoms in total. The molecule has 1 fully saturated rings. The molecule has 1 atom stereocenters. The monoisotopic (exact) mass is 529 g/mol. The second-order valence-electron chi connectivity index (χ2n) is 7.35. The fraction of sp³-hybridized carbons (Fsp3) is 0.174. The van der Waals surface area contributed by atoms with Crippen LogP contribution in [0.5, 0.6) is 5.75 Å². The molecule has 0 radical (unpaired) electrons. The number of hydrogen-bond donors (Lipinski definition) is 0. The molecule has 1 aliphatic rings. The molecule has 33 heavy (non-hydrogen) atoms. The number of imide groups is 1. The third kappa shape index (κ3) is 4.68. The van der Waals surface area contributed by atoms with E-state index in [1.807, 2.05) is 0 Å². The Morgan fingerprint density at radius 2 is 1.79 bits per heavy atom. The number of halogens is 1. The van der Waals surface area contributed by atoms with Gasteiger partial charge in [0.1, 0.15) is 11.8 Å². The zero-order valence-corrected chi connectivity index (χ0v) is 20.0. The van der Waals surface area contributed by atoms with Crippen LogP contribution in [0.15, 0.2) is 82.4 Å². The number of nitrogens with zero attached hydrogens (tertiary/aromatic N) is 3. The molecule has 1 aromatic heterocycles. The second kappa shape index (κ2) is 9.42. The summed E-state index contributed by atoms with van der Waals surface area (Å²) in [6.45, 7) is -0.105. The Kier molecular flexibility index (Phi) is 6.59. The van der Waals surface area contributed by atoms with Crippen molar-refractivity contribution in [3.05, 3.63) is 83.1 Å². The van der Waals surface area contributed by atoms with Crippen LogP contribution in [-0.2, 0) is 26.2 Å². The number of ether oxygens (including phenoxy) is 1. The van der Waals surface area contributed by atoms with Crippen LogP contribution in [0.2, 0.25) is 0 Å². The van der Waals surface area contributed by atoms with Gasteiger partial charge in [-0.05, 0) is 60.2 Å². The molecular formula is C23H20BrN3O5S. The average molecular weight is 530 g/mol. The van der Waals surface area contributed by atoms with E-state index in [9.17, 15) is 18.0 Å². The van der Waals surface area contributed by atoms with Crippen LogP contribution in [0, 0.1) is 0 Å². The van der Waals surface area contributed by atoms with E-state index in [0.29, 0.717) is 17.0 Å². The molecule has 4 rings (SSSR count). The van der Waals surface area contributed by atoms with Crippen molar-refractivity contribution in [3.63, 3.8) is 0 Å². The number of pyridine rings is 1. The fourth-order valence-corrected chi connectivity index (χ4v) is 5.45. The van der Waals surface area contributed by atoms with Gasteiger partial charge in [0.25, 0.3) is 5.91 Å². The molecule has 2 amide bonds. The minimum atomic E-state index is -4.11. The lowest BCUT2D eigenvalue weighted by molar-refractivity contribution is -0.122. The molecule has 170 valence electrons. The third-order valence-corrected chi connectivity index (χ3v) is 7.68. The third-order valence-electron chi connectivity index (χ3n) is 5.28. The average Bonchev–Trinajstić information content (AvgIpc) is 3.11. The highest BCUT2D eigenvalue weighted by Gasteiger charge is 2.47. The lowest BCUT2D eigenvalue weighted by atomic mass is 10.2. The summed E-state index contributed by atoms with van der Waals surface area (Å²) in [7, 11) is -2.59. The van der Waals surface area contributed by atoms with Crippen molar-refractivity contribution in [1.29, 1.82) is 0 Å². The van der Waals surface area contributed by atoms with Gasteiger partial charge < -0.3 is 4.74 Å². The maximum Gasteiger partial charge on any atom is 0.252 e. The highest BCUT2D eigenvalue weighted by molar-refractivity contribution is 9.10. The molecule has 1 unspecified atom stereocenters. The number of hydrogen-bond acceptors (Lipinski definition) is 6. The Hall–Kier alpha value is -3.08. The van der Waals surface area contributed by atoms with Gasteiger partial charge in [0.2, 0.25) is 15.9 Å². The normalized spacial score (nSPS) is 16.5. The fourth-order valence-electron chi connectivity index (χ4n) is 3.62. The van der Waals surface area contributed by atoms with Gasteiger partial charge in [-0.1, -0.05) is 22.0 Å². The van der Waals surface area contributed by atoms with Gasteiger partial charge in [-0.15, -0.1) is 0 Å². The number of carbonyl (C=O) groups is 2.